The molecule has 1 aliphatic carbocycles. The molecule has 1 aromatic rings. The summed E-state index contributed by atoms with van der Waals surface area (Å²) in [5, 5.41) is 2.93. The van der Waals surface area contributed by atoms with Crippen LogP contribution in [0.4, 0.5) is 10.5 Å². The van der Waals surface area contributed by atoms with Crippen LogP contribution < -0.4 is 19.7 Å². The molecular formula is C20H26N2O7. The number of rotatable bonds is 6. The number of hydrogen-bond donors (Lipinski definition) is 1. The highest BCUT2D eigenvalue weighted by atomic mass is 16.6. The number of ether oxygens (including phenoxy) is 3. The van der Waals surface area contributed by atoms with E-state index in [1.165, 1.54) is 51.0 Å². The summed E-state index contributed by atoms with van der Waals surface area (Å²) in [7, 11) is 1.24. The van der Waals surface area contributed by atoms with Crippen LogP contribution in [0.5, 0.6) is 11.5 Å². The summed E-state index contributed by atoms with van der Waals surface area (Å²) in [6.45, 7) is 3.95. The van der Waals surface area contributed by atoms with Crippen LogP contribution in [0.25, 0.3) is 0 Å². The second-order valence-electron chi connectivity index (χ2n) is 6.82. The second kappa shape index (κ2) is 9.90. The van der Waals surface area contributed by atoms with Gasteiger partial charge in [-0.15, -0.1) is 0 Å². The Morgan fingerprint density at radius 1 is 1.03 bits per heavy atom. The molecule has 9 nitrogen and oxygen atoms in total. The molecule has 158 valence electrons. The zero-order valence-corrected chi connectivity index (χ0v) is 17.0. The van der Waals surface area contributed by atoms with E-state index in [1.807, 2.05) is 0 Å². The number of urea groups is 1. The quantitative estimate of drug-likeness (QED) is 0.571. The number of benzene rings is 1. The maximum absolute atomic E-state index is 13.0. The Hall–Kier alpha value is -3.10. The van der Waals surface area contributed by atoms with Crippen LogP contribution in [0, 0.1) is 0 Å². The van der Waals surface area contributed by atoms with Gasteiger partial charge in [-0.05, 0) is 31.9 Å². The number of nitrogens with zero attached hydrogens (tertiary/aromatic N) is 1. The van der Waals surface area contributed by atoms with Gasteiger partial charge in [-0.2, -0.15) is 0 Å². The van der Waals surface area contributed by atoms with Gasteiger partial charge in [0, 0.05) is 26.0 Å². The minimum atomic E-state index is -0.939. The van der Waals surface area contributed by atoms with E-state index in [0.717, 1.165) is 25.7 Å². The molecule has 2 amide bonds. The number of esters is 3. The fourth-order valence-corrected chi connectivity index (χ4v) is 3.23. The molecule has 0 aliphatic heterocycles. The molecule has 0 saturated heterocycles. The summed E-state index contributed by atoms with van der Waals surface area (Å²) >= 11 is 0. The molecule has 1 unspecified atom stereocenters. The summed E-state index contributed by atoms with van der Waals surface area (Å²) in [6, 6.07) is 2.89. The van der Waals surface area contributed by atoms with E-state index in [9.17, 15) is 19.2 Å². The van der Waals surface area contributed by atoms with Crippen molar-refractivity contribution in [3.8, 4) is 11.5 Å². The number of amides is 2. The van der Waals surface area contributed by atoms with Gasteiger partial charge in [0.1, 0.15) is 6.04 Å². The van der Waals surface area contributed by atoms with Crippen molar-refractivity contribution in [2.75, 3.05) is 12.0 Å². The summed E-state index contributed by atoms with van der Waals surface area (Å²) < 4.78 is 15.0. The van der Waals surface area contributed by atoms with Gasteiger partial charge in [0.25, 0.3) is 0 Å². The van der Waals surface area contributed by atoms with Gasteiger partial charge in [-0.1, -0.05) is 12.8 Å². The lowest BCUT2D eigenvalue weighted by molar-refractivity contribution is -0.141. The van der Waals surface area contributed by atoms with Crippen LogP contribution in [-0.4, -0.2) is 43.1 Å². The van der Waals surface area contributed by atoms with Crippen molar-refractivity contribution in [2.45, 2.75) is 58.5 Å². The lowest BCUT2D eigenvalue weighted by Gasteiger charge is -2.29. The fourth-order valence-electron chi connectivity index (χ4n) is 3.23. The minimum Gasteiger partial charge on any atom is -0.467 e. The minimum absolute atomic E-state index is 0.0262. The summed E-state index contributed by atoms with van der Waals surface area (Å²) in [5.41, 5.74) is 0.283. The smallest absolute Gasteiger partial charge is 0.328 e. The van der Waals surface area contributed by atoms with Gasteiger partial charge < -0.3 is 19.5 Å². The maximum Gasteiger partial charge on any atom is 0.328 e. The molecule has 0 radical (unpaired) electrons. The topological polar surface area (TPSA) is 111 Å². The summed E-state index contributed by atoms with van der Waals surface area (Å²) in [5.74, 6) is -1.84. The zero-order valence-electron chi connectivity index (χ0n) is 17.0. The van der Waals surface area contributed by atoms with Crippen LogP contribution >= 0.6 is 0 Å². The van der Waals surface area contributed by atoms with Crippen LogP contribution in [0.2, 0.25) is 0 Å². The van der Waals surface area contributed by atoms with E-state index in [2.05, 4.69) is 5.32 Å². The molecule has 1 aliphatic rings. The Morgan fingerprint density at radius 3 is 2.17 bits per heavy atom. The molecule has 2 rings (SSSR count). The molecule has 9 heteroatoms. The molecule has 0 bridgehead atoms. The molecule has 0 aromatic heterocycles. The standard InChI is InChI=1S/C20H26N2O7/c1-12(19(25)27-4)22(20(26)21-15-7-5-6-8-15)16-9-10-17(28-13(2)23)18(11-16)29-14(3)24/h9-12,15H,5-8H2,1-4H3,(H,21,26). The van der Waals surface area contributed by atoms with E-state index in [-0.39, 0.29) is 23.2 Å². The van der Waals surface area contributed by atoms with Crippen molar-refractivity contribution in [3.63, 3.8) is 0 Å². The Bertz CT molecular complexity index is 787. The molecule has 1 N–H and O–H groups in total. The van der Waals surface area contributed by atoms with Crippen LogP contribution in [0.1, 0.15) is 46.5 Å². The molecule has 29 heavy (non-hydrogen) atoms. The van der Waals surface area contributed by atoms with E-state index in [1.54, 1.807) is 0 Å². The number of anilines is 1. The largest absolute Gasteiger partial charge is 0.467 e. The first-order chi connectivity index (χ1) is 13.7. The Kier molecular flexibility index (Phi) is 7.58. The number of nitrogens with one attached hydrogen (secondary N) is 1. The van der Waals surface area contributed by atoms with Crippen LogP contribution in [0.3, 0.4) is 0 Å². The summed E-state index contributed by atoms with van der Waals surface area (Å²) in [4.78, 5) is 49.1. The average Bonchev–Trinajstić information content (AvgIpc) is 3.15. The Balaban J connectivity index is 2.41. The molecule has 0 heterocycles. The zero-order chi connectivity index (χ0) is 21.6. The molecule has 1 fully saturated rings. The molecular weight excluding hydrogens is 380 g/mol. The third kappa shape index (κ3) is 5.94. The number of carbonyl (C=O) groups is 4. The number of methoxy groups -OCH3 is 1. The molecule has 1 aromatic carbocycles. The first-order valence-electron chi connectivity index (χ1n) is 9.41. The molecule has 1 saturated carbocycles. The van der Waals surface area contributed by atoms with Gasteiger partial charge in [-0.25, -0.2) is 9.59 Å². The van der Waals surface area contributed by atoms with Crippen LogP contribution in [-0.2, 0) is 19.1 Å². The van der Waals surface area contributed by atoms with E-state index >= 15 is 0 Å². The first-order valence-corrected chi connectivity index (χ1v) is 9.41. The van der Waals surface area contributed by atoms with E-state index in [4.69, 9.17) is 14.2 Å². The highest BCUT2D eigenvalue weighted by Gasteiger charge is 2.31. The van der Waals surface area contributed by atoms with Crippen molar-refractivity contribution < 1.29 is 33.4 Å². The van der Waals surface area contributed by atoms with Crippen molar-refractivity contribution in [3.05, 3.63) is 18.2 Å². The number of carbonyl (C=O) groups excluding carboxylic acids is 4. The normalized spacial score (nSPS) is 14.6. The Morgan fingerprint density at radius 2 is 1.62 bits per heavy atom. The number of hydrogen-bond acceptors (Lipinski definition) is 7. The van der Waals surface area contributed by atoms with Gasteiger partial charge in [0.2, 0.25) is 0 Å². The van der Waals surface area contributed by atoms with Gasteiger partial charge in [0.15, 0.2) is 11.5 Å². The lowest BCUT2D eigenvalue weighted by atomic mass is 10.2. The summed E-state index contributed by atoms with van der Waals surface area (Å²) in [6.07, 6.45) is 3.81. The van der Waals surface area contributed by atoms with E-state index in [0.29, 0.717) is 0 Å². The highest BCUT2D eigenvalue weighted by Crippen LogP contribution is 2.33. The predicted molar refractivity (Wildman–Crippen MR) is 104 cm³/mol. The van der Waals surface area contributed by atoms with Gasteiger partial charge >= 0.3 is 23.9 Å². The second-order valence-corrected chi connectivity index (χ2v) is 6.82. The first kappa shape index (κ1) is 22.2. The van der Waals surface area contributed by atoms with Crippen molar-refractivity contribution in [1.82, 2.24) is 5.32 Å². The van der Waals surface area contributed by atoms with E-state index < -0.39 is 30.0 Å². The van der Waals surface area contributed by atoms with Crippen molar-refractivity contribution >= 4 is 29.6 Å². The fraction of sp³-hybridized carbons (Fsp3) is 0.500. The van der Waals surface area contributed by atoms with Crippen molar-refractivity contribution in [2.24, 2.45) is 0 Å². The maximum atomic E-state index is 13.0. The predicted octanol–water partition coefficient (Wildman–Crippen LogP) is 2.56. The van der Waals surface area contributed by atoms with Gasteiger partial charge in [0.05, 0.1) is 12.8 Å². The van der Waals surface area contributed by atoms with Crippen LogP contribution in [0.15, 0.2) is 18.2 Å². The third-order valence-corrected chi connectivity index (χ3v) is 4.54. The third-order valence-electron chi connectivity index (χ3n) is 4.54. The monoisotopic (exact) mass is 406 g/mol. The van der Waals surface area contributed by atoms with Crippen molar-refractivity contribution in [1.29, 1.82) is 0 Å². The Labute approximate surface area is 169 Å². The SMILES string of the molecule is COC(=O)C(C)N(C(=O)NC1CCCC1)c1ccc(OC(C)=O)c(OC(C)=O)c1. The average molecular weight is 406 g/mol. The highest BCUT2D eigenvalue weighted by molar-refractivity contribution is 5.99. The lowest BCUT2D eigenvalue weighted by Crippen LogP contribution is -2.51. The molecule has 0 spiro atoms. The molecule has 1 atom stereocenters. The van der Waals surface area contributed by atoms with Gasteiger partial charge in [-0.3, -0.25) is 14.5 Å².